The number of aromatic nitrogens is 1. The second-order valence-corrected chi connectivity index (χ2v) is 6.57. The summed E-state index contributed by atoms with van der Waals surface area (Å²) < 4.78 is 5.39. The molecule has 0 aromatic carbocycles. The number of rotatable bonds is 3. The number of hydrogen-bond donors (Lipinski definition) is 1. The highest BCUT2D eigenvalue weighted by atomic mass is 16.6. The molecule has 1 saturated heterocycles. The highest BCUT2D eigenvalue weighted by molar-refractivity contribution is 5.68. The van der Waals surface area contributed by atoms with Crippen LogP contribution >= 0.6 is 0 Å². The van der Waals surface area contributed by atoms with Gasteiger partial charge < -0.3 is 25.1 Å². The van der Waals surface area contributed by atoms with Crippen LogP contribution in [0.25, 0.3) is 0 Å². The van der Waals surface area contributed by atoms with Crippen molar-refractivity contribution in [2.45, 2.75) is 45.3 Å². The molecule has 0 saturated carbocycles. The first-order valence-corrected chi connectivity index (χ1v) is 7.59. The highest BCUT2D eigenvalue weighted by Gasteiger charge is 2.27. The van der Waals surface area contributed by atoms with Gasteiger partial charge in [-0.2, -0.15) is 0 Å². The molecule has 2 rings (SSSR count). The predicted octanol–water partition coefficient (Wildman–Crippen LogP) is 2.80. The predicted molar refractivity (Wildman–Crippen MR) is 85.3 cm³/mol. The summed E-state index contributed by atoms with van der Waals surface area (Å²) in [6.07, 6.45) is 2.91. The number of ether oxygens (including phenoxy) is 1. The van der Waals surface area contributed by atoms with Gasteiger partial charge >= 0.3 is 11.9 Å². The summed E-state index contributed by atoms with van der Waals surface area (Å²) in [5.41, 5.74) is 0.186. The van der Waals surface area contributed by atoms with Crippen LogP contribution in [0.2, 0.25) is 0 Å². The van der Waals surface area contributed by atoms with E-state index >= 15 is 0 Å². The number of amides is 1. The van der Waals surface area contributed by atoms with Crippen LogP contribution in [0, 0.1) is 10.1 Å². The molecule has 0 bridgehead atoms. The molecule has 1 aliphatic heterocycles. The third-order valence-corrected chi connectivity index (χ3v) is 3.38. The zero-order valence-electron chi connectivity index (χ0n) is 13.6. The van der Waals surface area contributed by atoms with E-state index < -0.39 is 10.5 Å². The molecule has 2 heterocycles. The molecular weight excluding hydrogens is 300 g/mol. The lowest BCUT2D eigenvalue weighted by atomic mass is 10.1. The van der Waals surface area contributed by atoms with E-state index in [4.69, 9.17) is 4.74 Å². The maximum Gasteiger partial charge on any atom is 0.410 e. The van der Waals surface area contributed by atoms with Crippen molar-refractivity contribution in [1.82, 2.24) is 9.88 Å². The van der Waals surface area contributed by atoms with E-state index in [2.05, 4.69) is 10.3 Å². The fourth-order valence-corrected chi connectivity index (χ4v) is 2.40. The van der Waals surface area contributed by atoms with Gasteiger partial charge in [0.05, 0.1) is 5.69 Å². The smallest absolute Gasteiger partial charge is 0.410 e. The van der Waals surface area contributed by atoms with Gasteiger partial charge in [0.15, 0.2) is 6.20 Å². The van der Waals surface area contributed by atoms with Crippen LogP contribution in [-0.4, -0.2) is 45.6 Å². The number of hydrogen-bond acceptors (Lipinski definition) is 6. The van der Waals surface area contributed by atoms with E-state index in [1.165, 1.54) is 12.3 Å². The molecule has 1 unspecified atom stereocenters. The quantitative estimate of drug-likeness (QED) is 0.679. The number of pyridine rings is 1. The number of likely N-dealkylation sites (tertiary alicyclic amines) is 1. The van der Waals surface area contributed by atoms with Gasteiger partial charge in [-0.1, -0.05) is 0 Å². The molecule has 23 heavy (non-hydrogen) atoms. The van der Waals surface area contributed by atoms with E-state index in [1.807, 2.05) is 20.8 Å². The number of anilines is 1. The molecule has 8 nitrogen and oxygen atoms in total. The fraction of sp³-hybridized carbons (Fsp3) is 0.600. The van der Waals surface area contributed by atoms with E-state index in [0.717, 1.165) is 12.8 Å². The first-order chi connectivity index (χ1) is 10.7. The van der Waals surface area contributed by atoms with Crippen LogP contribution in [0.1, 0.15) is 33.6 Å². The van der Waals surface area contributed by atoms with Crippen molar-refractivity contribution in [1.29, 1.82) is 0 Å². The van der Waals surface area contributed by atoms with Gasteiger partial charge in [-0.05, 0) is 49.6 Å². The summed E-state index contributed by atoms with van der Waals surface area (Å²) in [6, 6.07) is 3.05. The van der Waals surface area contributed by atoms with Gasteiger partial charge in [-0.3, -0.25) is 0 Å². The second kappa shape index (κ2) is 6.80. The number of nitrogens with one attached hydrogen (secondary N) is 1. The Morgan fingerprint density at radius 2 is 2.22 bits per heavy atom. The Labute approximate surface area is 135 Å². The molecule has 126 valence electrons. The SMILES string of the molecule is CC(C)(C)OC(=O)N1CCCC(Nc2ccc([N+](=O)[O-])nc2)C1. The summed E-state index contributed by atoms with van der Waals surface area (Å²) in [7, 11) is 0. The molecular formula is C15H22N4O4. The molecule has 0 spiro atoms. The van der Waals surface area contributed by atoms with Gasteiger partial charge in [0.25, 0.3) is 0 Å². The van der Waals surface area contributed by atoms with Gasteiger partial charge in [0, 0.05) is 25.2 Å². The Morgan fingerprint density at radius 1 is 1.48 bits per heavy atom. The van der Waals surface area contributed by atoms with Gasteiger partial charge in [0.1, 0.15) is 5.60 Å². The third-order valence-electron chi connectivity index (χ3n) is 3.38. The first-order valence-electron chi connectivity index (χ1n) is 7.59. The molecule has 1 amide bonds. The molecule has 1 fully saturated rings. The number of carbonyl (C=O) groups excluding carboxylic acids is 1. The summed E-state index contributed by atoms with van der Waals surface area (Å²) >= 11 is 0. The van der Waals surface area contributed by atoms with Crippen LogP contribution < -0.4 is 5.32 Å². The minimum Gasteiger partial charge on any atom is -0.444 e. The van der Waals surface area contributed by atoms with Crippen molar-refractivity contribution < 1.29 is 14.5 Å². The van der Waals surface area contributed by atoms with Crippen molar-refractivity contribution in [3.8, 4) is 0 Å². The number of carbonyl (C=O) groups is 1. The lowest BCUT2D eigenvalue weighted by Crippen LogP contribution is -2.46. The van der Waals surface area contributed by atoms with Crippen molar-refractivity contribution >= 4 is 17.6 Å². The standard InChI is InChI=1S/C15H22N4O4/c1-15(2,3)23-14(20)18-8-4-5-12(10-18)17-11-6-7-13(16-9-11)19(21)22/h6-7,9,12,17H,4-5,8,10H2,1-3H3. The van der Waals surface area contributed by atoms with Crippen LogP contribution in [0.15, 0.2) is 18.3 Å². The van der Waals surface area contributed by atoms with Crippen LogP contribution in [-0.2, 0) is 4.74 Å². The third kappa shape index (κ3) is 5.08. The molecule has 1 atom stereocenters. The second-order valence-electron chi connectivity index (χ2n) is 6.57. The Bertz CT molecular complexity index is 568. The van der Waals surface area contributed by atoms with Gasteiger partial charge in [-0.15, -0.1) is 0 Å². The van der Waals surface area contributed by atoms with Crippen LogP contribution in [0.4, 0.5) is 16.3 Å². The van der Waals surface area contributed by atoms with Crippen LogP contribution in [0.3, 0.4) is 0 Å². The molecule has 1 N–H and O–H groups in total. The number of nitrogens with zero attached hydrogens (tertiary/aromatic N) is 3. The Morgan fingerprint density at radius 3 is 2.78 bits per heavy atom. The molecule has 0 radical (unpaired) electrons. The average molecular weight is 322 g/mol. The molecule has 1 aromatic heterocycles. The highest BCUT2D eigenvalue weighted by Crippen LogP contribution is 2.19. The minimum atomic E-state index is -0.533. The van der Waals surface area contributed by atoms with Crippen molar-refractivity contribution in [2.24, 2.45) is 0 Å². The van der Waals surface area contributed by atoms with Gasteiger partial charge in [-0.25, -0.2) is 4.79 Å². The lowest BCUT2D eigenvalue weighted by molar-refractivity contribution is -0.389. The minimum absolute atomic E-state index is 0.0690. The Balaban J connectivity index is 1.93. The fourth-order valence-electron chi connectivity index (χ4n) is 2.40. The topological polar surface area (TPSA) is 97.6 Å². The molecule has 8 heteroatoms. The summed E-state index contributed by atoms with van der Waals surface area (Å²) in [5, 5.41) is 13.9. The van der Waals surface area contributed by atoms with Crippen molar-refractivity contribution in [2.75, 3.05) is 18.4 Å². The average Bonchev–Trinajstić information content (AvgIpc) is 2.46. The number of nitro groups is 1. The van der Waals surface area contributed by atoms with E-state index in [9.17, 15) is 14.9 Å². The maximum atomic E-state index is 12.1. The summed E-state index contributed by atoms with van der Waals surface area (Å²) in [6.45, 7) is 6.73. The Kier molecular flexibility index (Phi) is 5.02. The normalized spacial score (nSPS) is 18.4. The van der Waals surface area contributed by atoms with E-state index in [0.29, 0.717) is 18.8 Å². The Hall–Kier alpha value is -2.38. The summed E-state index contributed by atoms with van der Waals surface area (Å²) in [5.74, 6) is -0.186. The van der Waals surface area contributed by atoms with E-state index in [1.54, 1.807) is 11.0 Å². The molecule has 1 aromatic rings. The van der Waals surface area contributed by atoms with Crippen LogP contribution in [0.5, 0.6) is 0 Å². The maximum absolute atomic E-state index is 12.1. The molecule has 0 aliphatic carbocycles. The zero-order chi connectivity index (χ0) is 17.0. The summed E-state index contributed by atoms with van der Waals surface area (Å²) in [4.78, 5) is 27.7. The monoisotopic (exact) mass is 322 g/mol. The van der Waals surface area contributed by atoms with Gasteiger partial charge in [0.2, 0.25) is 0 Å². The zero-order valence-corrected chi connectivity index (χ0v) is 13.6. The first kappa shape index (κ1) is 17.0. The van der Waals surface area contributed by atoms with Crippen molar-refractivity contribution in [3.05, 3.63) is 28.4 Å². The van der Waals surface area contributed by atoms with Crippen molar-refractivity contribution in [3.63, 3.8) is 0 Å². The molecule has 1 aliphatic rings. The largest absolute Gasteiger partial charge is 0.444 e. The number of piperidine rings is 1. The van der Waals surface area contributed by atoms with E-state index in [-0.39, 0.29) is 18.0 Å². The lowest BCUT2D eigenvalue weighted by Gasteiger charge is -2.34.